The predicted molar refractivity (Wildman–Crippen MR) is 123 cm³/mol. The summed E-state index contributed by atoms with van der Waals surface area (Å²) in [4.78, 5) is 18.0. The van der Waals surface area contributed by atoms with Crippen molar-refractivity contribution < 1.29 is 27.4 Å². The SMILES string of the molecule is CC(C)(C)OC(=O)N1CCC(Oc2ccc(Oc3cncc(Br)c3)cc2S(C)(=O)=O)CC1. The van der Waals surface area contributed by atoms with Crippen LogP contribution < -0.4 is 9.47 Å². The van der Waals surface area contributed by atoms with E-state index in [0.717, 1.165) is 10.7 Å². The number of ether oxygens (including phenoxy) is 3. The Morgan fingerprint density at radius 2 is 1.81 bits per heavy atom. The summed E-state index contributed by atoms with van der Waals surface area (Å²) < 4.78 is 42.7. The maximum Gasteiger partial charge on any atom is 0.410 e. The number of rotatable bonds is 5. The Labute approximate surface area is 196 Å². The molecule has 1 aromatic carbocycles. The van der Waals surface area contributed by atoms with Gasteiger partial charge in [-0.25, -0.2) is 13.2 Å². The van der Waals surface area contributed by atoms with Gasteiger partial charge >= 0.3 is 6.09 Å². The van der Waals surface area contributed by atoms with Crippen LogP contribution in [0.3, 0.4) is 0 Å². The number of likely N-dealkylation sites (tertiary alicyclic amines) is 1. The van der Waals surface area contributed by atoms with Gasteiger partial charge in [0, 0.05) is 48.9 Å². The Bertz CT molecular complexity index is 1080. The van der Waals surface area contributed by atoms with E-state index in [2.05, 4.69) is 20.9 Å². The molecular weight excluding hydrogens is 500 g/mol. The van der Waals surface area contributed by atoms with E-state index in [1.165, 1.54) is 12.3 Å². The number of sulfone groups is 1. The first-order chi connectivity index (χ1) is 14.9. The Hall–Kier alpha value is -2.33. The Kier molecular flexibility index (Phi) is 7.34. The Morgan fingerprint density at radius 1 is 1.12 bits per heavy atom. The van der Waals surface area contributed by atoms with Crippen LogP contribution in [0.4, 0.5) is 4.79 Å². The number of carbonyl (C=O) groups excluding carboxylic acids is 1. The molecule has 1 saturated heterocycles. The van der Waals surface area contributed by atoms with Crippen molar-refractivity contribution in [1.29, 1.82) is 0 Å². The molecule has 1 fully saturated rings. The molecule has 0 atom stereocenters. The zero-order valence-corrected chi connectivity index (χ0v) is 20.9. The molecule has 1 aromatic heterocycles. The number of hydrogen-bond acceptors (Lipinski definition) is 7. The van der Waals surface area contributed by atoms with Crippen molar-refractivity contribution in [3.05, 3.63) is 41.1 Å². The van der Waals surface area contributed by atoms with E-state index in [0.29, 0.717) is 37.4 Å². The summed E-state index contributed by atoms with van der Waals surface area (Å²) in [6, 6.07) is 6.43. The van der Waals surface area contributed by atoms with Gasteiger partial charge < -0.3 is 19.1 Å². The zero-order valence-electron chi connectivity index (χ0n) is 18.5. The largest absolute Gasteiger partial charge is 0.489 e. The van der Waals surface area contributed by atoms with E-state index in [1.807, 2.05) is 20.8 Å². The molecule has 0 radical (unpaired) electrons. The maximum atomic E-state index is 12.4. The maximum absolute atomic E-state index is 12.4. The molecule has 1 aliphatic rings. The topological polar surface area (TPSA) is 95.0 Å². The van der Waals surface area contributed by atoms with Gasteiger partial charge in [0.15, 0.2) is 9.84 Å². The summed E-state index contributed by atoms with van der Waals surface area (Å²) in [6.45, 7) is 6.44. The van der Waals surface area contributed by atoms with E-state index < -0.39 is 15.4 Å². The average Bonchev–Trinajstić information content (AvgIpc) is 2.67. The highest BCUT2D eigenvalue weighted by atomic mass is 79.9. The van der Waals surface area contributed by atoms with Crippen LogP contribution in [-0.4, -0.2) is 55.4 Å². The molecule has 174 valence electrons. The Balaban J connectivity index is 1.69. The molecule has 0 N–H and O–H groups in total. The first-order valence-corrected chi connectivity index (χ1v) is 12.9. The lowest BCUT2D eigenvalue weighted by molar-refractivity contribution is 0.0124. The van der Waals surface area contributed by atoms with Crippen LogP contribution in [0.15, 0.2) is 46.0 Å². The van der Waals surface area contributed by atoms with Crippen molar-refractivity contribution in [3.63, 3.8) is 0 Å². The van der Waals surface area contributed by atoms with E-state index in [4.69, 9.17) is 14.2 Å². The molecule has 0 spiro atoms. The van der Waals surface area contributed by atoms with Crippen molar-refractivity contribution in [2.75, 3.05) is 19.3 Å². The second-order valence-electron chi connectivity index (χ2n) is 8.61. The minimum Gasteiger partial charge on any atom is -0.489 e. The molecule has 0 bridgehead atoms. The van der Waals surface area contributed by atoms with Gasteiger partial charge in [0.25, 0.3) is 0 Å². The first-order valence-electron chi connectivity index (χ1n) is 10.2. The number of halogens is 1. The van der Waals surface area contributed by atoms with Crippen molar-refractivity contribution >= 4 is 31.9 Å². The number of amides is 1. The molecule has 2 aromatic rings. The van der Waals surface area contributed by atoms with Gasteiger partial charge in [-0.2, -0.15) is 0 Å². The highest BCUT2D eigenvalue weighted by molar-refractivity contribution is 9.10. The third-order valence-corrected chi connectivity index (χ3v) is 6.17. The number of nitrogens with zero attached hydrogens (tertiary/aromatic N) is 2. The Morgan fingerprint density at radius 3 is 2.41 bits per heavy atom. The van der Waals surface area contributed by atoms with Crippen molar-refractivity contribution in [2.24, 2.45) is 0 Å². The quantitative estimate of drug-likeness (QED) is 0.550. The molecule has 32 heavy (non-hydrogen) atoms. The molecule has 10 heteroatoms. The van der Waals surface area contributed by atoms with Gasteiger partial charge in [-0.15, -0.1) is 0 Å². The van der Waals surface area contributed by atoms with Crippen LogP contribution in [0.25, 0.3) is 0 Å². The molecule has 1 amide bonds. The predicted octanol–water partition coefficient (Wildman–Crippen LogP) is 4.82. The summed E-state index contributed by atoms with van der Waals surface area (Å²) in [6.07, 6.45) is 4.87. The first kappa shape index (κ1) is 24.3. The lowest BCUT2D eigenvalue weighted by Gasteiger charge is -2.33. The summed E-state index contributed by atoms with van der Waals surface area (Å²) in [7, 11) is -3.57. The van der Waals surface area contributed by atoms with E-state index in [-0.39, 0.29) is 22.8 Å². The van der Waals surface area contributed by atoms with Gasteiger partial charge in [0.1, 0.15) is 33.8 Å². The molecule has 2 heterocycles. The minimum atomic E-state index is -3.57. The van der Waals surface area contributed by atoms with E-state index in [1.54, 1.807) is 29.3 Å². The molecular formula is C22H27BrN2O6S. The van der Waals surface area contributed by atoms with Crippen LogP contribution in [0, 0.1) is 0 Å². The lowest BCUT2D eigenvalue weighted by atomic mass is 10.1. The number of pyridine rings is 1. The summed E-state index contributed by atoms with van der Waals surface area (Å²) in [5.74, 6) is 1.10. The monoisotopic (exact) mass is 526 g/mol. The third-order valence-electron chi connectivity index (χ3n) is 4.62. The minimum absolute atomic E-state index is 0.0486. The third kappa shape index (κ3) is 6.83. The fourth-order valence-corrected chi connectivity index (χ4v) is 4.34. The molecule has 1 aliphatic heterocycles. The number of benzene rings is 1. The fourth-order valence-electron chi connectivity index (χ4n) is 3.19. The number of hydrogen-bond donors (Lipinski definition) is 0. The molecule has 8 nitrogen and oxygen atoms in total. The van der Waals surface area contributed by atoms with Crippen molar-refractivity contribution in [1.82, 2.24) is 9.88 Å². The average molecular weight is 527 g/mol. The van der Waals surface area contributed by atoms with Gasteiger partial charge in [-0.3, -0.25) is 4.98 Å². The second-order valence-corrected chi connectivity index (χ2v) is 11.5. The standard InChI is InChI=1S/C22H27BrN2O6S/c1-22(2,3)31-21(26)25-9-7-16(8-10-25)30-19-6-5-17(12-20(19)32(4,27)28)29-18-11-15(23)13-24-14-18/h5-6,11-14,16H,7-10H2,1-4H3. The van der Waals surface area contributed by atoms with Crippen LogP contribution >= 0.6 is 15.9 Å². The van der Waals surface area contributed by atoms with E-state index >= 15 is 0 Å². The normalized spacial score (nSPS) is 15.3. The van der Waals surface area contributed by atoms with Crippen molar-refractivity contribution in [3.8, 4) is 17.2 Å². The summed E-state index contributed by atoms with van der Waals surface area (Å²) in [5, 5.41) is 0. The highest BCUT2D eigenvalue weighted by Gasteiger charge is 2.28. The zero-order chi connectivity index (χ0) is 23.5. The highest BCUT2D eigenvalue weighted by Crippen LogP contribution is 2.33. The van der Waals surface area contributed by atoms with Crippen LogP contribution in [0.5, 0.6) is 17.2 Å². The molecule has 0 saturated carbocycles. The van der Waals surface area contributed by atoms with Gasteiger partial charge in [-0.1, -0.05) is 0 Å². The summed E-state index contributed by atoms with van der Waals surface area (Å²) >= 11 is 3.33. The van der Waals surface area contributed by atoms with Crippen molar-refractivity contribution in [2.45, 2.75) is 50.2 Å². The van der Waals surface area contributed by atoms with Gasteiger partial charge in [0.05, 0.1) is 6.20 Å². The number of carbonyl (C=O) groups is 1. The van der Waals surface area contributed by atoms with Crippen LogP contribution in [0.1, 0.15) is 33.6 Å². The summed E-state index contributed by atoms with van der Waals surface area (Å²) in [5.41, 5.74) is -0.551. The molecule has 0 aliphatic carbocycles. The molecule has 0 unspecified atom stereocenters. The van der Waals surface area contributed by atoms with Gasteiger partial charge in [-0.05, 0) is 54.9 Å². The van der Waals surface area contributed by atoms with E-state index in [9.17, 15) is 13.2 Å². The lowest BCUT2D eigenvalue weighted by Crippen LogP contribution is -2.44. The number of aromatic nitrogens is 1. The molecule has 3 rings (SSSR count). The second kappa shape index (κ2) is 9.66. The van der Waals surface area contributed by atoms with Crippen LogP contribution in [0.2, 0.25) is 0 Å². The fraction of sp³-hybridized carbons (Fsp3) is 0.455. The number of piperidine rings is 1. The van der Waals surface area contributed by atoms with Crippen LogP contribution in [-0.2, 0) is 14.6 Å². The smallest absolute Gasteiger partial charge is 0.410 e. The van der Waals surface area contributed by atoms with Gasteiger partial charge in [0.2, 0.25) is 0 Å².